The molecule has 0 bridgehead atoms. The smallest absolute Gasteiger partial charge is 0.129 e. The van der Waals surface area contributed by atoms with Crippen LogP contribution >= 0.6 is 0 Å². The number of methoxy groups -OCH3 is 1. The van der Waals surface area contributed by atoms with E-state index in [4.69, 9.17) is 4.74 Å². The summed E-state index contributed by atoms with van der Waals surface area (Å²) in [5.74, 6) is -0.223. The van der Waals surface area contributed by atoms with Crippen LogP contribution in [0.2, 0.25) is 0 Å². The molecule has 20 heavy (non-hydrogen) atoms. The van der Waals surface area contributed by atoms with Gasteiger partial charge in [0.25, 0.3) is 0 Å². The first-order valence-electron chi connectivity index (χ1n) is 6.96. The SMILES string of the molecule is CCCNCc1c(F)cccc1N(C)CC(O)COC. The van der Waals surface area contributed by atoms with Crippen LogP contribution in [0.3, 0.4) is 0 Å². The van der Waals surface area contributed by atoms with Gasteiger partial charge in [-0.1, -0.05) is 13.0 Å². The van der Waals surface area contributed by atoms with Crippen molar-refractivity contribution >= 4 is 5.69 Å². The number of rotatable bonds is 9. The van der Waals surface area contributed by atoms with Crippen LogP contribution in [0.15, 0.2) is 18.2 Å². The Morgan fingerprint density at radius 2 is 2.20 bits per heavy atom. The average molecular weight is 284 g/mol. The Morgan fingerprint density at radius 3 is 2.85 bits per heavy atom. The molecule has 0 spiro atoms. The standard InChI is InChI=1S/C15H25FN2O2/c1-4-8-17-9-13-14(16)6-5-7-15(13)18(2)10-12(19)11-20-3/h5-7,12,17,19H,4,8-11H2,1-3H3. The quantitative estimate of drug-likeness (QED) is 0.678. The molecule has 1 aromatic carbocycles. The fraction of sp³-hybridized carbons (Fsp3) is 0.600. The zero-order chi connectivity index (χ0) is 15.0. The summed E-state index contributed by atoms with van der Waals surface area (Å²) in [4.78, 5) is 1.86. The number of hydrogen-bond acceptors (Lipinski definition) is 4. The van der Waals surface area contributed by atoms with Crippen molar-refractivity contribution in [3.05, 3.63) is 29.6 Å². The van der Waals surface area contributed by atoms with E-state index in [2.05, 4.69) is 12.2 Å². The van der Waals surface area contributed by atoms with E-state index in [1.165, 1.54) is 6.07 Å². The van der Waals surface area contributed by atoms with Gasteiger partial charge in [-0.3, -0.25) is 0 Å². The van der Waals surface area contributed by atoms with E-state index in [9.17, 15) is 9.50 Å². The van der Waals surface area contributed by atoms with E-state index in [0.717, 1.165) is 18.7 Å². The number of likely N-dealkylation sites (N-methyl/N-ethyl adjacent to an activating group) is 1. The van der Waals surface area contributed by atoms with Gasteiger partial charge >= 0.3 is 0 Å². The van der Waals surface area contributed by atoms with Crippen LogP contribution in [-0.2, 0) is 11.3 Å². The maximum absolute atomic E-state index is 14.0. The highest BCUT2D eigenvalue weighted by atomic mass is 19.1. The number of aliphatic hydroxyl groups is 1. The highest BCUT2D eigenvalue weighted by Crippen LogP contribution is 2.22. The second kappa shape index (κ2) is 8.89. The van der Waals surface area contributed by atoms with Gasteiger partial charge < -0.3 is 20.1 Å². The molecule has 1 unspecified atom stereocenters. The highest BCUT2D eigenvalue weighted by molar-refractivity contribution is 5.53. The summed E-state index contributed by atoms with van der Waals surface area (Å²) in [7, 11) is 3.39. The number of benzene rings is 1. The molecule has 0 fully saturated rings. The monoisotopic (exact) mass is 284 g/mol. The molecule has 114 valence electrons. The first-order chi connectivity index (χ1) is 9.60. The summed E-state index contributed by atoms with van der Waals surface area (Å²) in [6.45, 7) is 4.08. The highest BCUT2D eigenvalue weighted by Gasteiger charge is 2.14. The molecule has 0 aliphatic carbocycles. The number of aliphatic hydroxyl groups excluding tert-OH is 1. The van der Waals surface area contributed by atoms with Gasteiger partial charge in [-0.05, 0) is 25.1 Å². The van der Waals surface area contributed by atoms with Crippen LogP contribution in [0.5, 0.6) is 0 Å². The molecule has 1 atom stereocenters. The molecular formula is C15H25FN2O2. The number of hydrogen-bond donors (Lipinski definition) is 2. The van der Waals surface area contributed by atoms with Gasteiger partial charge in [0.1, 0.15) is 5.82 Å². The molecule has 0 heterocycles. The lowest BCUT2D eigenvalue weighted by Crippen LogP contribution is -2.33. The van der Waals surface area contributed by atoms with E-state index >= 15 is 0 Å². The Hall–Kier alpha value is -1.17. The van der Waals surface area contributed by atoms with Gasteiger partial charge in [0, 0.05) is 38.5 Å². The van der Waals surface area contributed by atoms with Crippen molar-refractivity contribution in [2.45, 2.75) is 26.0 Å². The third-order valence-electron chi connectivity index (χ3n) is 3.08. The third-order valence-corrected chi connectivity index (χ3v) is 3.08. The van der Waals surface area contributed by atoms with Crippen LogP contribution in [0.1, 0.15) is 18.9 Å². The molecule has 0 saturated heterocycles. The van der Waals surface area contributed by atoms with Crippen LogP contribution in [0, 0.1) is 5.82 Å². The normalized spacial score (nSPS) is 12.4. The van der Waals surface area contributed by atoms with Gasteiger partial charge in [-0.2, -0.15) is 0 Å². The molecule has 2 N–H and O–H groups in total. The zero-order valence-corrected chi connectivity index (χ0v) is 12.5. The molecule has 4 nitrogen and oxygen atoms in total. The topological polar surface area (TPSA) is 44.7 Å². The maximum Gasteiger partial charge on any atom is 0.129 e. The third kappa shape index (κ3) is 5.07. The zero-order valence-electron chi connectivity index (χ0n) is 12.5. The average Bonchev–Trinajstić information content (AvgIpc) is 2.40. The van der Waals surface area contributed by atoms with Crippen LogP contribution in [-0.4, -0.2) is 45.1 Å². The Morgan fingerprint density at radius 1 is 1.45 bits per heavy atom. The van der Waals surface area contributed by atoms with Crippen molar-refractivity contribution in [3.8, 4) is 0 Å². The van der Waals surface area contributed by atoms with E-state index in [1.807, 2.05) is 18.0 Å². The number of nitrogens with zero attached hydrogens (tertiary/aromatic N) is 1. The maximum atomic E-state index is 14.0. The Bertz CT molecular complexity index is 401. The molecule has 0 aliphatic rings. The fourth-order valence-corrected chi connectivity index (χ4v) is 2.13. The van der Waals surface area contributed by atoms with Gasteiger partial charge in [-0.25, -0.2) is 4.39 Å². The fourth-order valence-electron chi connectivity index (χ4n) is 2.13. The number of anilines is 1. The molecule has 1 rings (SSSR count). The summed E-state index contributed by atoms with van der Waals surface area (Å²) in [5, 5.41) is 13.0. The van der Waals surface area contributed by atoms with Crippen LogP contribution < -0.4 is 10.2 Å². The van der Waals surface area contributed by atoms with Gasteiger partial charge in [-0.15, -0.1) is 0 Å². The molecule has 5 heteroatoms. The lowest BCUT2D eigenvalue weighted by atomic mass is 10.1. The van der Waals surface area contributed by atoms with Crippen LogP contribution in [0.25, 0.3) is 0 Å². The molecule has 0 amide bonds. The molecular weight excluding hydrogens is 259 g/mol. The van der Waals surface area contributed by atoms with Gasteiger partial charge in [0.05, 0.1) is 12.7 Å². The predicted molar refractivity (Wildman–Crippen MR) is 79.6 cm³/mol. The number of ether oxygens (including phenoxy) is 1. The molecule has 1 aromatic rings. The van der Waals surface area contributed by atoms with Crippen molar-refractivity contribution in [1.82, 2.24) is 5.32 Å². The summed E-state index contributed by atoms with van der Waals surface area (Å²) in [5.41, 5.74) is 1.43. The van der Waals surface area contributed by atoms with Crippen LogP contribution in [0.4, 0.5) is 10.1 Å². The Kier molecular flexibility index (Phi) is 7.51. The van der Waals surface area contributed by atoms with Gasteiger partial charge in [0.15, 0.2) is 0 Å². The minimum absolute atomic E-state index is 0.223. The lowest BCUT2D eigenvalue weighted by molar-refractivity contribution is 0.0695. The van der Waals surface area contributed by atoms with E-state index in [0.29, 0.717) is 18.7 Å². The van der Waals surface area contributed by atoms with E-state index in [-0.39, 0.29) is 12.4 Å². The number of halogens is 1. The minimum Gasteiger partial charge on any atom is -0.389 e. The molecule has 0 saturated carbocycles. The Balaban J connectivity index is 2.78. The predicted octanol–water partition coefficient (Wildman–Crippen LogP) is 1.77. The lowest BCUT2D eigenvalue weighted by Gasteiger charge is -2.25. The van der Waals surface area contributed by atoms with Crippen molar-refractivity contribution < 1.29 is 14.2 Å². The summed E-state index contributed by atoms with van der Waals surface area (Å²) in [6.07, 6.45) is 0.413. The molecule has 0 aliphatic heterocycles. The van der Waals surface area contributed by atoms with Gasteiger partial charge in [0.2, 0.25) is 0 Å². The van der Waals surface area contributed by atoms with Crippen molar-refractivity contribution in [2.75, 3.05) is 38.8 Å². The first-order valence-corrected chi connectivity index (χ1v) is 6.96. The van der Waals surface area contributed by atoms with Crippen molar-refractivity contribution in [3.63, 3.8) is 0 Å². The Labute approximate surface area is 120 Å². The summed E-state index contributed by atoms with van der Waals surface area (Å²) in [6, 6.07) is 5.02. The first kappa shape index (κ1) is 16.9. The minimum atomic E-state index is -0.593. The van der Waals surface area contributed by atoms with E-state index < -0.39 is 6.10 Å². The van der Waals surface area contributed by atoms with E-state index in [1.54, 1.807) is 13.2 Å². The second-order valence-corrected chi connectivity index (χ2v) is 4.90. The second-order valence-electron chi connectivity index (χ2n) is 4.90. The van der Waals surface area contributed by atoms with Crippen molar-refractivity contribution in [2.24, 2.45) is 0 Å². The largest absolute Gasteiger partial charge is 0.389 e. The molecule has 0 aromatic heterocycles. The number of nitrogens with one attached hydrogen (secondary N) is 1. The van der Waals surface area contributed by atoms with Crippen molar-refractivity contribution in [1.29, 1.82) is 0 Å². The summed E-state index contributed by atoms with van der Waals surface area (Å²) < 4.78 is 18.9. The molecule has 0 radical (unpaired) electrons. The summed E-state index contributed by atoms with van der Waals surface area (Å²) >= 11 is 0.